The van der Waals surface area contributed by atoms with Gasteiger partial charge < -0.3 is 54.4 Å². The van der Waals surface area contributed by atoms with Gasteiger partial charge in [-0.15, -0.1) is 0 Å². The maximum Gasteiger partial charge on any atom is 0.486 e. The second kappa shape index (κ2) is 17.2. The van der Waals surface area contributed by atoms with Crippen LogP contribution in [0.3, 0.4) is 0 Å². The highest BCUT2D eigenvalue weighted by Crippen LogP contribution is 2.54. The molecule has 0 saturated carbocycles. The Balaban J connectivity index is 1.97. The van der Waals surface area contributed by atoms with Gasteiger partial charge in [0, 0.05) is 55.3 Å². The number of esters is 1. The highest BCUT2D eigenvalue weighted by Gasteiger charge is 2.81. The van der Waals surface area contributed by atoms with Crippen LogP contribution in [0.1, 0.15) is 104 Å². The van der Waals surface area contributed by atoms with Crippen molar-refractivity contribution >= 4 is 76.2 Å². The lowest BCUT2D eigenvalue weighted by Crippen LogP contribution is -2.84. The minimum absolute atomic E-state index is 0.0266. The Labute approximate surface area is 340 Å². The monoisotopic (exact) mass is 916 g/mol. The minimum Gasteiger partial charge on any atom is -0.466 e. The maximum atomic E-state index is 12.3. The predicted molar refractivity (Wildman–Crippen MR) is 223 cm³/mol. The first-order chi connectivity index (χ1) is 25.3. The van der Waals surface area contributed by atoms with Crippen molar-refractivity contribution in [2.45, 2.75) is 152 Å². The molecule has 0 aromatic heterocycles. The van der Waals surface area contributed by atoms with Crippen LogP contribution in [0.4, 0.5) is 0 Å². The lowest BCUT2D eigenvalue weighted by atomic mass is 10.3. The fourth-order valence-corrected chi connectivity index (χ4v) is 58.7. The average Bonchev–Trinajstić information content (AvgIpc) is 2.96. The number of carbonyl (C=O) groups excluding carboxylic acids is 1. The normalized spacial score (nSPS) is 40.3. The fraction of sp³-hybridized carbons (Fsp3) is 0.970. The molecule has 6 saturated heterocycles. The molecule has 4 atom stereocenters. The quantitative estimate of drug-likeness (QED) is 0.103. The summed E-state index contributed by atoms with van der Waals surface area (Å²) < 4.78 is 98.2. The number of carbonyl (C=O) groups is 1. The molecule has 0 radical (unpaired) electrons. The summed E-state index contributed by atoms with van der Waals surface area (Å²) in [6, 6.07) is 3.37. The number of rotatable bonds is 17. The zero-order valence-electron chi connectivity index (χ0n) is 36.3. The van der Waals surface area contributed by atoms with Crippen LogP contribution in [-0.2, 0) is 59.2 Å². The topological polar surface area (TPSA) is 137 Å². The number of hydrogen-bond donors (Lipinski definition) is 0. The molecule has 8 bridgehead atoms. The zero-order chi connectivity index (χ0) is 40.9. The van der Waals surface area contributed by atoms with Gasteiger partial charge in [0.1, 0.15) is 0 Å². The van der Waals surface area contributed by atoms with Crippen LogP contribution < -0.4 is 0 Å². The van der Waals surface area contributed by atoms with Gasteiger partial charge in [-0.2, -0.15) is 0 Å². The molecule has 4 unspecified atom stereocenters. The molecule has 0 aliphatic carbocycles. The molecule has 0 spiro atoms. The van der Waals surface area contributed by atoms with Crippen LogP contribution in [0, 0.1) is 41.4 Å². The van der Waals surface area contributed by atoms with Crippen LogP contribution in [0.5, 0.6) is 0 Å². The van der Waals surface area contributed by atoms with Gasteiger partial charge in [0.2, 0.25) is 0 Å². The van der Waals surface area contributed by atoms with Gasteiger partial charge in [0.05, 0.1) is 12.8 Å². The highest BCUT2D eigenvalue weighted by molar-refractivity contribution is 7.02. The Kier molecular flexibility index (Phi) is 14.7. The average molecular weight is 918 g/mol. The van der Waals surface area contributed by atoms with E-state index < -0.39 is 76.2 Å². The highest BCUT2D eigenvalue weighted by atomic mass is 28.6. The van der Waals surface area contributed by atoms with Crippen molar-refractivity contribution in [3.8, 4) is 0 Å². The summed E-state index contributed by atoms with van der Waals surface area (Å²) in [5.74, 6) is 0.243. The Morgan fingerprint density at radius 3 is 0.909 bits per heavy atom. The molecule has 6 aliphatic rings. The molecule has 0 aromatic rings. The van der Waals surface area contributed by atoms with Crippen molar-refractivity contribution in [2.75, 3.05) is 12.8 Å². The lowest BCUT2D eigenvalue weighted by Gasteiger charge is -2.60. The van der Waals surface area contributed by atoms with Gasteiger partial charge in [-0.25, -0.2) is 0 Å². The molecule has 0 aromatic carbocycles. The number of fused-ring (bicyclic) bond motifs is 1. The SMILES string of the molecule is CC(=O)OCC[Si]12CO[Si]3(CC(C)C)O[Si]4(CC(C)C)O[Si](CC(C)C)(O1)O[Si]1(CC(C)C)O[Si](CC(C)C)(O2)O[Si](CC(C)C)(O3)O[Si](CC(C)C)(O4)O1. The van der Waals surface area contributed by atoms with E-state index in [2.05, 4.69) is 96.9 Å². The van der Waals surface area contributed by atoms with E-state index in [1.54, 1.807) is 0 Å². The van der Waals surface area contributed by atoms with E-state index >= 15 is 0 Å². The van der Waals surface area contributed by atoms with E-state index in [1.165, 1.54) is 6.92 Å². The smallest absolute Gasteiger partial charge is 0.466 e. The van der Waals surface area contributed by atoms with E-state index in [1.807, 2.05) is 0 Å². The van der Waals surface area contributed by atoms with Gasteiger partial charge in [-0.3, -0.25) is 4.79 Å². The standard InChI is InChI=1S/C33H72O14Si8/c1-26(2)18-49-36-25-48(17-16-35-33(15)34)37-50(19-27(3)4)41-52(39-49,21-29(7)8)45-55(24-32(13)14)46-53(40-49,22-30(9)10)42-51(38-48,20-28(5)6)44-54(43-50,47-55)23-31(11)12/h26-32H,16-25H2,1-15H3. The molecule has 6 rings (SSSR count). The summed E-state index contributed by atoms with van der Waals surface area (Å²) in [5.41, 5.74) is 0. The van der Waals surface area contributed by atoms with E-state index in [9.17, 15) is 4.79 Å². The third-order valence-electron chi connectivity index (χ3n) is 9.39. The molecule has 22 heteroatoms. The predicted octanol–water partition coefficient (Wildman–Crippen LogP) is 7.96. The van der Waals surface area contributed by atoms with Crippen molar-refractivity contribution in [3.05, 3.63) is 0 Å². The fourth-order valence-electron chi connectivity index (χ4n) is 8.37. The van der Waals surface area contributed by atoms with Gasteiger partial charge in [0.15, 0.2) is 0 Å². The van der Waals surface area contributed by atoms with Crippen molar-refractivity contribution in [2.24, 2.45) is 41.4 Å². The molecule has 6 aliphatic heterocycles. The molecule has 0 N–H and O–H groups in total. The third-order valence-corrected chi connectivity index (χ3v) is 48.9. The molecule has 14 nitrogen and oxygen atoms in total. The van der Waals surface area contributed by atoms with Crippen molar-refractivity contribution in [1.82, 2.24) is 0 Å². The summed E-state index contributed by atoms with van der Waals surface area (Å²) >= 11 is 0. The molecule has 55 heavy (non-hydrogen) atoms. The van der Waals surface area contributed by atoms with Gasteiger partial charge in [-0.1, -0.05) is 96.9 Å². The Morgan fingerprint density at radius 2 is 0.655 bits per heavy atom. The first-order valence-corrected chi connectivity index (χ1v) is 36.6. The Hall–Kier alpha value is 0.725. The molecular formula is C33H72O14Si8. The van der Waals surface area contributed by atoms with Crippen LogP contribution in [0.15, 0.2) is 0 Å². The van der Waals surface area contributed by atoms with E-state index in [0.717, 1.165) is 0 Å². The number of ether oxygens (including phenoxy) is 1. The Morgan fingerprint density at radius 1 is 0.418 bits per heavy atom. The lowest BCUT2D eigenvalue weighted by molar-refractivity contribution is -0.140. The Bertz CT molecular complexity index is 1290. The third kappa shape index (κ3) is 11.4. The molecular weight excluding hydrogens is 845 g/mol. The first-order valence-electron chi connectivity index (χ1n) is 20.8. The van der Waals surface area contributed by atoms with Crippen molar-refractivity contribution < 1.29 is 59.2 Å². The summed E-state index contributed by atoms with van der Waals surface area (Å²) in [7, 11) is -31.5. The minimum atomic E-state index is -3.99. The summed E-state index contributed by atoms with van der Waals surface area (Å²) in [6.07, 6.45) is 0.0266. The largest absolute Gasteiger partial charge is 0.486 e. The summed E-state index contributed by atoms with van der Waals surface area (Å²) in [5, 5.41) is 0. The first kappa shape index (κ1) is 46.8. The summed E-state index contributed by atoms with van der Waals surface area (Å²) in [4.78, 5) is 12.3. The van der Waals surface area contributed by atoms with Gasteiger partial charge in [-0.05, 0) is 41.4 Å². The van der Waals surface area contributed by atoms with Crippen molar-refractivity contribution in [1.29, 1.82) is 0 Å². The van der Waals surface area contributed by atoms with E-state index in [0.29, 0.717) is 42.3 Å². The van der Waals surface area contributed by atoms with Gasteiger partial charge in [0.25, 0.3) is 0 Å². The summed E-state index contributed by atoms with van der Waals surface area (Å²) in [6.45, 7) is 31.4. The van der Waals surface area contributed by atoms with Gasteiger partial charge >= 0.3 is 76.2 Å². The van der Waals surface area contributed by atoms with Crippen LogP contribution >= 0.6 is 0 Å². The van der Waals surface area contributed by atoms with E-state index in [-0.39, 0.29) is 60.3 Å². The molecule has 0 amide bonds. The molecule has 6 fully saturated rings. The molecule has 320 valence electrons. The van der Waals surface area contributed by atoms with Crippen LogP contribution in [-0.4, -0.2) is 89.0 Å². The second-order valence-corrected chi connectivity index (χ2v) is 43.7. The van der Waals surface area contributed by atoms with Crippen LogP contribution in [0.25, 0.3) is 0 Å². The zero-order valence-corrected chi connectivity index (χ0v) is 44.3. The second-order valence-electron chi connectivity index (χ2n) is 19.4. The van der Waals surface area contributed by atoms with Crippen molar-refractivity contribution in [3.63, 3.8) is 0 Å². The number of hydrogen-bond acceptors (Lipinski definition) is 14. The molecule has 6 heterocycles. The van der Waals surface area contributed by atoms with Crippen LogP contribution in [0.2, 0.25) is 48.4 Å². The van der Waals surface area contributed by atoms with E-state index in [4.69, 9.17) is 54.4 Å². The maximum absolute atomic E-state index is 12.3.